The number of thioether (sulfide) groups is 1. The number of benzene rings is 2. The molecule has 3 amide bonds. The lowest BCUT2D eigenvalue weighted by Crippen LogP contribution is -2.58. The third-order valence-electron chi connectivity index (χ3n) is 8.39. The third kappa shape index (κ3) is 7.48. The van der Waals surface area contributed by atoms with E-state index < -0.39 is 47.3 Å². The molecule has 3 aliphatic rings. The molecule has 0 aromatic heterocycles. The number of amides is 3. The average Bonchev–Trinajstić information content (AvgIpc) is 3.58. The van der Waals surface area contributed by atoms with E-state index in [1.807, 2.05) is 50.2 Å². The van der Waals surface area contributed by atoms with Crippen LogP contribution in [0.25, 0.3) is 0 Å². The van der Waals surface area contributed by atoms with Crippen LogP contribution >= 0.6 is 11.8 Å². The molecule has 3 aliphatic heterocycles. The molecule has 0 bridgehead atoms. The quantitative estimate of drug-likeness (QED) is 0.363. The molecule has 2 aromatic carbocycles. The summed E-state index contributed by atoms with van der Waals surface area (Å²) in [5.41, 5.74) is 1.67. The molecule has 3 N–H and O–H groups in total. The van der Waals surface area contributed by atoms with Gasteiger partial charge in [-0.05, 0) is 56.4 Å². The Hall–Kier alpha value is -3.32. The number of hydrogen-bond donors (Lipinski definition) is 3. The molecular weight excluding hydrogens is 586 g/mol. The Balaban J connectivity index is 1.31. The molecular formula is C32H41N3O8S. The number of aliphatic hydroxyl groups is 1. The summed E-state index contributed by atoms with van der Waals surface area (Å²) in [6.07, 6.45) is -1.54. The van der Waals surface area contributed by atoms with E-state index in [1.54, 1.807) is 25.3 Å². The van der Waals surface area contributed by atoms with Gasteiger partial charge in [-0.2, -0.15) is 0 Å². The number of carbonyl (C=O) groups excluding carboxylic acids is 3. The first-order valence-electron chi connectivity index (χ1n) is 14.9. The molecule has 11 nitrogen and oxygen atoms in total. The van der Waals surface area contributed by atoms with Crippen molar-refractivity contribution >= 4 is 29.7 Å². The van der Waals surface area contributed by atoms with Crippen molar-refractivity contribution in [1.82, 2.24) is 15.5 Å². The fraction of sp³-hybridized carbons (Fsp3) is 0.531. The SMILES string of the molecule is COc1cccc(C[C@H](NC(=O)O[C@@H]2CO[C@@H]3OCCC[C@@H]32)[C@H](O)C(=O)N2CSC(C)(C)[C@H]2C(=O)NCc2ccccc2)c1. The van der Waals surface area contributed by atoms with Crippen molar-refractivity contribution in [3.8, 4) is 5.75 Å². The van der Waals surface area contributed by atoms with Crippen molar-refractivity contribution in [3.63, 3.8) is 0 Å². The Labute approximate surface area is 261 Å². The number of hydrogen-bond acceptors (Lipinski definition) is 9. The fourth-order valence-corrected chi connectivity index (χ4v) is 7.14. The van der Waals surface area contributed by atoms with Crippen LogP contribution < -0.4 is 15.4 Å². The monoisotopic (exact) mass is 627 g/mol. The Morgan fingerprint density at radius 2 is 1.89 bits per heavy atom. The van der Waals surface area contributed by atoms with Gasteiger partial charge in [-0.15, -0.1) is 11.8 Å². The lowest BCUT2D eigenvalue weighted by Gasteiger charge is -2.33. The molecule has 3 heterocycles. The Kier molecular flexibility index (Phi) is 10.3. The summed E-state index contributed by atoms with van der Waals surface area (Å²) < 4.78 is 21.8. The van der Waals surface area contributed by atoms with Gasteiger partial charge in [0.05, 0.1) is 25.6 Å². The van der Waals surface area contributed by atoms with Crippen molar-refractivity contribution in [2.24, 2.45) is 5.92 Å². The maximum atomic E-state index is 13.9. The minimum atomic E-state index is -1.65. The van der Waals surface area contributed by atoms with E-state index in [9.17, 15) is 19.5 Å². The van der Waals surface area contributed by atoms with Crippen LogP contribution in [-0.2, 0) is 36.8 Å². The molecule has 44 heavy (non-hydrogen) atoms. The highest BCUT2D eigenvalue weighted by Crippen LogP contribution is 2.40. The summed E-state index contributed by atoms with van der Waals surface area (Å²) in [5, 5.41) is 17.2. The molecule has 0 saturated carbocycles. The third-order valence-corrected chi connectivity index (χ3v) is 9.76. The van der Waals surface area contributed by atoms with Crippen molar-refractivity contribution < 1.29 is 38.4 Å². The molecule has 5 rings (SSSR count). The second-order valence-electron chi connectivity index (χ2n) is 11.9. The lowest BCUT2D eigenvalue weighted by atomic mass is 9.96. The molecule has 3 saturated heterocycles. The molecule has 12 heteroatoms. The number of rotatable bonds is 10. The van der Waals surface area contributed by atoms with Gasteiger partial charge in [-0.1, -0.05) is 42.5 Å². The summed E-state index contributed by atoms with van der Waals surface area (Å²) in [6.45, 7) is 4.93. The van der Waals surface area contributed by atoms with E-state index >= 15 is 0 Å². The number of nitrogens with one attached hydrogen (secondary N) is 2. The van der Waals surface area contributed by atoms with Crippen LogP contribution in [0.5, 0.6) is 5.75 Å². The molecule has 6 atom stereocenters. The number of methoxy groups -OCH3 is 1. The molecule has 0 radical (unpaired) electrons. The van der Waals surface area contributed by atoms with Crippen LogP contribution in [0, 0.1) is 5.92 Å². The summed E-state index contributed by atoms with van der Waals surface area (Å²) in [7, 11) is 1.55. The summed E-state index contributed by atoms with van der Waals surface area (Å²) in [5.74, 6) is -0.223. The molecule has 0 spiro atoms. The normalized spacial score (nSPS) is 25.4. The molecule has 0 unspecified atom stereocenters. The fourth-order valence-electron chi connectivity index (χ4n) is 6.00. The molecule has 3 fully saturated rings. The first-order chi connectivity index (χ1) is 21.2. The number of alkyl carbamates (subject to hydrolysis) is 1. The minimum Gasteiger partial charge on any atom is -0.497 e. The lowest BCUT2D eigenvalue weighted by molar-refractivity contribution is -0.152. The van der Waals surface area contributed by atoms with Gasteiger partial charge in [0.2, 0.25) is 5.91 Å². The van der Waals surface area contributed by atoms with Crippen molar-refractivity contribution in [1.29, 1.82) is 0 Å². The summed E-state index contributed by atoms with van der Waals surface area (Å²) in [6, 6.07) is 14.8. The smallest absolute Gasteiger partial charge is 0.407 e. The van der Waals surface area contributed by atoms with E-state index in [0.29, 0.717) is 18.9 Å². The van der Waals surface area contributed by atoms with Gasteiger partial charge < -0.3 is 39.6 Å². The van der Waals surface area contributed by atoms with E-state index in [2.05, 4.69) is 10.6 Å². The minimum absolute atomic E-state index is 0.0723. The van der Waals surface area contributed by atoms with Crippen molar-refractivity contribution in [2.45, 2.75) is 75.0 Å². The van der Waals surface area contributed by atoms with E-state index in [-0.39, 0.29) is 30.7 Å². The van der Waals surface area contributed by atoms with Gasteiger partial charge >= 0.3 is 6.09 Å². The van der Waals surface area contributed by atoms with Gasteiger partial charge in [0, 0.05) is 23.8 Å². The van der Waals surface area contributed by atoms with Gasteiger partial charge in [-0.3, -0.25) is 9.59 Å². The average molecular weight is 628 g/mol. The number of fused-ring (bicyclic) bond motifs is 1. The largest absolute Gasteiger partial charge is 0.497 e. The highest BCUT2D eigenvalue weighted by atomic mass is 32.2. The maximum absolute atomic E-state index is 13.9. The number of aliphatic hydroxyl groups excluding tert-OH is 1. The topological polar surface area (TPSA) is 136 Å². The highest BCUT2D eigenvalue weighted by molar-refractivity contribution is 8.00. The van der Waals surface area contributed by atoms with E-state index in [4.69, 9.17) is 18.9 Å². The van der Waals surface area contributed by atoms with Gasteiger partial charge in [-0.25, -0.2) is 4.79 Å². The predicted molar refractivity (Wildman–Crippen MR) is 164 cm³/mol. The zero-order valence-electron chi connectivity index (χ0n) is 25.3. The Morgan fingerprint density at radius 1 is 1.11 bits per heavy atom. The van der Waals surface area contributed by atoms with Crippen LogP contribution in [0.2, 0.25) is 0 Å². The Bertz CT molecular complexity index is 1310. The van der Waals surface area contributed by atoms with Crippen LogP contribution in [0.4, 0.5) is 4.79 Å². The van der Waals surface area contributed by atoms with Crippen LogP contribution in [0.3, 0.4) is 0 Å². The zero-order valence-corrected chi connectivity index (χ0v) is 26.1. The first-order valence-corrected chi connectivity index (χ1v) is 15.9. The van der Waals surface area contributed by atoms with E-state index in [1.165, 1.54) is 16.7 Å². The van der Waals surface area contributed by atoms with Gasteiger partial charge in [0.25, 0.3) is 5.91 Å². The van der Waals surface area contributed by atoms with E-state index in [0.717, 1.165) is 24.0 Å². The first kappa shape index (κ1) is 32.1. The number of ether oxygens (including phenoxy) is 4. The highest BCUT2D eigenvalue weighted by Gasteiger charge is 2.50. The second-order valence-corrected chi connectivity index (χ2v) is 13.5. The van der Waals surface area contributed by atoms with Crippen LogP contribution in [0.15, 0.2) is 54.6 Å². The van der Waals surface area contributed by atoms with Crippen LogP contribution in [-0.4, -0.2) is 89.4 Å². The molecule has 0 aliphatic carbocycles. The van der Waals surface area contributed by atoms with Gasteiger partial charge in [0.15, 0.2) is 12.4 Å². The summed E-state index contributed by atoms with van der Waals surface area (Å²) in [4.78, 5) is 42.0. The Morgan fingerprint density at radius 3 is 2.66 bits per heavy atom. The van der Waals surface area contributed by atoms with Gasteiger partial charge in [0.1, 0.15) is 17.9 Å². The van der Waals surface area contributed by atoms with Crippen LogP contribution in [0.1, 0.15) is 37.8 Å². The zero-order chi connectivity index (χ0) is 31.3. The molecule has 238 valence electrons. The van der Waals surface area contributed by atoms with Crippen molar-refractivity contribution in [2.75, 3.05) is 26.2 Å². The molecule has 2 aromatic rings. The second kappa shape index (κ2) is 14.2. The maximum Gasteiger partial charge on any atom is 0.407 e. The summed E-state index contributed by atoms with van der Waals surface area (Å²) >= 11 is 1.46. The standard InChI is InChI=1S/C32H41N3O8S/c1-32(2)27(28(37)33-17-20-9-5-4-6-10-20)35(19-44-32)29(38)26(36)24(16-21-11-7-12-22(15-21)40-3)34-31(39)43-25-18-42-30-23(25)13-8-14-41-30/h4-7,9-12,15,23-27,30,36H,8,13-14,16-19H2,1-3H3,(H,33,37)(H,34,39)/t23-,24+,25-,26+,27-,30+/m1/s1. The van der Waals surface area contributed by atoms with Crippen molar-refractivity contribution in [3.05, 3.63) is 65.7 Å². The number of nitrogens with zero attached hydrogens (tertiary/aromatic N) is 1. The number of carbonyl (C=O) groups is 3. The predicted octanol–water partition coefficient (Wildman–Crippen LogP) is 2.84.